The van der Waals surface area contributed by atoms with Crippen LogP contribution in [0.5, 0.6) is 0 Å². The number of piperidine rings is 1. The second kappa shape index (κ2) is 4.84. The molecule has 1 aromatic heterocycles. The fraction of sp³-hybridized carbons (Fsp3) is 0.600. The molecule has 0 bridgehead atoms. The zero-order valence-electron chi connectivity index (χ0n) is 9.16. The van der Waals surface area contributed by atoms with Crippen molar-refractivity contribution in [2.24, 2.45) is 0 Å². The van der Waals surface area contributed by atoms with E-state index in [4.69, 9.17) is 11.6 Å². The van der Waals surface area contributed by atoms with E-state index < -0.39 is 0 Å². The number of H-pyrrole nitrogens is 1. The third-order valence-corrected chi connectivity index (χ3v) is 2.95. The molecule has 1 aromatic rings. The molecule has 1 aliphatic rings. The number of nitrogens with zero attached hydrogens (tertiary/aromatic N) is 2. The highest BCUT2D eigenvalue weighted by atomic mass is 35.5. The van der Waals surface area contributed by atoms with Gasteiger partial charge >= 0.3 is 0 Å². The Bertz CT molecular complexity index is 420. The van der Waals surface area contributed by atoms with Crippen molar-refractivity contribution in [1.82, 2.24) is 15.1 Å². The summed E-state index contributed by atoms with van der Waals surface area (Å²) in [5, 5.41) is 9.49. The van der Waals surface area contributed by atoms with E-state index in [-0.39, 0.29) is 5.56 Å². The van der Waals surface area contributed by atoms with Gasteiger partial charge in [-0.05, 0) is 26.4 Å². The summed E-state index contributed by atoms with van der Waals surface area (Å²) in [7, 11) is 2.08. The Kier molecular flexibility index (Phi) is 3.46. The van der Waals surface area contributed by atoms with Gasteiger partial charge in [-0.15, -0.1) is 0 Å². The van der Waals surface area contributed by atoms with Crippen LogP contribution in [-0.4, -0.2) is 41.3 Å². The number of hydrogen-bond acceptors (Lipinski definition) is 4. The SMILES string of the molecule is CN1CCCC(Nc2cc(Cl)n[nH]c2=O)C1. The first-order chi connectivity index (χ1) is 7.65. The molecule has 88 valence electrons. The maximum absolute atomic E-state index is 11.5. The second-order valence-corrected chi connectivity index (χ2v) is 4.57. The van der Waals surface area contributed by atoms with Crippen LogP contribution in [0.3, 0.4) is 0 Å². The molecule has 1 aliphatic heterocycles. The minimum absolute atomic E-state index is 0.224. The first-order valence-electron chi connectivity index (χ1n) is 5.35. The standard InChI is InChI=1S/C10H15ClN4O/c1-15-4-2-3-7(6-15)12-8-5-9(11)13-14-10(8)16/h5,7H,2-4,6H2,1H3,(H,12,13)(H,14,16). The molecule has 1 saturated heterocycles. The van der Waals surface area contributed by atoms with Crippen LogP contribution in [0, 0.1) is 0 Å². The van der Waals surface area contributed by atoms with Crippen molar-refractivity contribution >= 4 is 17.3 Å². The topological polar surface area (TPSA) is 61.0 Å². The molecule has 0 saturated carbocycles. The molecule has 6 heteroatoms. The van der Waals surface area contributed by atoms with Crippen molar-refractivity contribution < 1.29 is 0 Å². The van der Waals surface area contributed by atoms with Gasteiger partial charge in [-0.25, -0.2) is 5.10 Å². The number of likely N-dealkylation sites (tertiary alicyclic amines) is 1. The predicted octanol–water partition coefficient (Wildman–Crippen LogP) is 0.929. The van der Waals surface area contributed by atoms with Crippen molar-refractivity contribution in [3.63, 3.8) is 0 Å². The summed E-state index contributed by atoms with van der Waals surface area (Å²) >= 11 is 5.73. The summed E-state index contributed by atoms with van der Waals surface area (Å²) < 4.78 is 0. The fourth-order valence-corrected chi connectivity index (χ4v) is 2.14. The van der Waals surface area contributed by atoms with Gasteiger partial charge in [0.2, 0.25) is 0 Å². The Balaban J connectivity index is 2.08. The van der Waals surface area contributed by atoms with Crippen LogP contribution in [-0.2, 0) is 0 Å². The van der Waals surface area contributed by atoms with Gasteiger partial charge < -0.3 is 10.2 Å². The number of likely N-dealkylation sites (N-methyl/N-ethyl adjacent to an activating group) is 1. The van der Waals surface area contributed by atoms with E-state index in [9.17, 15) is 4.79 Å². The van der Waals surface area contributed by atoms with Gasteiger partial charge in [0.1, 0.15) is 5.69 Å². The van der Waals surface area contributed by atoms with E-state index in [1.54, 1.807) is 6.07 Å². The largest absolute Gasteiger partial charge is 0.376 e. The maximum Gasteiger partial charge on any atom is 0.287 e. The summed E-state index contributed by atoms with van der Waals surface area (Å²) in [5.74, 6) is 0. The van der Waals surface area contributed by atoms with E-state index in [0.717, 1.165) is 25.9 Å². The van der Waals surface area contributed by atoms with Crippen molar-refractivity contribution in [1.29, 1.82) is 0 Å². The first kappa shape index (κ1) is 11.4. The van der Waals surface area contributed by atoms with Crippen LogP contribution in [0.4, 0.5) is 5.69 Å². The van der Waals surface area contributed by atoms with Gasteiger partial charge in [-0.2, -0.15) is 5.10 Å². The van der Waals surface area contributed by atoms with Gasteiger partial charge in [0.15, 0.2) is 5.15 Å². The zero-order chi connectivity index (χ0) is 11.5. The summed E-state index contributed by atoms with van der Waals surface area (Å²) in [6, 6.07) is 1.87. The van der Waals surface area contributed by atoms with Crippen LogP contribution < -0.4 is 10.9 Å². The number of rotatable bonds is 2. The lowest BCUT2D eigenvalue weighted by molar-refractivity contribution is 0.261. The van der Waals surface area contributed by atoms with Crippen molar-refractivity contribution in [3.8, 4) is 0 Å². The molecule has 1 unspecified atom stereocenters. The van der Waals surface area contributed by atoms with Crippen LogP contribution in [0.15, 0.2) is 10.9 Å². The molecule has 0 aromatic carbocycles. The monoisotopic (exact) mass is 242 g/mol. The third kappa shape index (κ3) is 2.74. The lowest BCUT2D eigenvalue weighted by atomic mass is 10.1. The molecule has 1 atom stereocenters. The van der Waals surface area contributed by atoms with Crippen molar-refractivity contribution in [2.45, 2.75) is 18.9 Å². The fourth-order valence-electron chi connectivity index (χ4n) is 1.99. The average molecular weight is 243 g/mol. The van der Waals surface area contributed by atoms with Gasteiger partial charge in [0, 0.05) is 18.7 Å². The van der Waals surface area contributed by atoms with Gasteiger partial charge in [0.05, 0.1) is 0 Å². The average Bonchev–Trinajstić information content (AvgIpc) is 2.24. The quantitative estimate of drug-likeness (QED) is 0.810. The molecule has 0 aliphatic carbocycles. The highest BCUT2D eigenvalue weighted by molar-refractivity contribution is 6.29. The van der Waals surface area contributed by atoms with E-state index in [0.29, 0.717) is 16.9 Å². The number of halogens is 1. The minimum Gasteiger partial charge on any atom is -0.376 e. The smallest absolute Gasteiger partial charge is 0.287 e. The zero-order valence-corrected chi connectivity index (χ0v) is 9.92. The number of aromatic nitrogens is 2. The number of nitrogens with one attached hydrogen (secondary N) is 2. The van der Waals surface area contributed by atoms with Gasteiger partial charge in [0.25, 0.3) is 5.56 Å². The van der Waals surface area contributed by atoms with E-state index >= 15 is 0 Å². The molecular formula is C10H15ClN4O. The van der Waals surface area contributed by atoms with Crippen LogP contribution in [0.25, 0.3) is 0 Å². The van der Waals surface area contributed by atoms with Crippen LogP contribution >= 0.6 is 11.6 Å². The van der Waals surface area contributed by atoms with E-state index in [2.05, 4.69) is 27.5 Å². The number of hydrogen-bond donors (Lipinski definition) is 2. The number of aromatic amines is 1. The Morgan fingerprint density at radius 2 is 2.50 bits per heavy atom. The molecule has 2 N–H and O–H groups in total. The van der Waals surface area contributed by atoms with Gasteiger partial charge in [-0.3, -0.25) is 4.79 Å². The molecule has 2 rings (SSSR count). The highest BCUT2D eigenvalue weighted by Gasteiger charge is 2.17. The van der Waals surface area contributed by atoms with Gasteiger partial charge in [-0.1, -0.05) is 11.6 Å². The Hall–Kier alpha value is -1.07. The van der Waals surface area contributed by atoms with Crippen molar-refractivity contribution in [3.05, 3.63) is 21.6 Å². The molecule has 5 nitrogen and oxygen atoms in total. The summed E-state index contributed by atoms with van der Waals surface area (Å²) in [6.07, 6.45) is 2.22. The molecule has 16 heavy (non-hydrogen) atoms. The predicted molar refractivity (Wildman–Crippen MR) is 64.0 cm³/mol. The van der Waals surface area contributed by atoms with E-state index in [1.807, 2.05) is 0 Å². The number of anilines is 1. The first-order valence-corrected chi connectivity index (χ1v) is 5.73. The summed E-state index contributed by atoms with van der Waals surface area (Å²) in [4.78, 5) is 13.7. The Labute approximate surface area is 98.8 Å². The van der Waals surface area contributed by atoms with Crippen LogP contribution in [0.1, 0.15) is 12.8 Å². The molecule has 0 radical (unpaired) electrons. The summed E-state index contributed by atoms with van der Waals surface area (Å²) in [6.45, 7) is 2.06. The third-order valence-electron chi connectivity index (χ3n) is 2.76. The second-order valence-electron chi connectivity index (χ2n) is 4.18. The Morgan fingerprint density at radius 1 is 1.69 bits per heavy atom. The molecule has 1 fully saturated rings. The van der Waals surface area contributed by atoms with Crippen LogP contribution in [0.2, 0.25) is 5.15 Å². The molecule has 0 spiro atoms. The normalized spacial score (nSPS) is 22.0. The maximum atomic E-state index is 11.5. The lowest BCUT2D eigenvalue weighted by Crippen LogP contribution is -2.40. The minimum atomic E-state index is -0.224. The van der Waals surface area contributed by atoms with E-state index in [1.165, 1.54) is 0 Å². The summed E-state index contributed by atoms with van der Waals surface area (Å²) in [5.41, 5.74) is 0.276. The molecule has 0 amide bonds. The van der Waals surface area contributed by atoms with Crippen molar-refractivity contribution in [2.75, 3.05) is 25.5 Å². The molecule has 2 heterocycles. The highest BCUT2D eigenvalue weighted by Crippen LogP contribution is 2.13. The lowest BCUT2D eigenvalue weighted by Gasteiger charge is -2.30. The molecular weight excluding hydrogens is 228 g/mol. The Morgan fingerprint density at radius 3 is 3.25 bits per heavy atom.